The summed E-state index contributed by atoms with van der Waals surface area (Å²) in [4.78, 5) is 18.8. The molecular weight excluding hydrogens is 560 g/mol. The van der Waals surface area contributed by atoms with Gasteiger partial charge in [-0.2, -0.15) is 0 Å². The largest absolute Gasteiger partial charge is 0.494 e. The lowest BCUT2D eigenvalue weighted by molar-refractivity contribution is 0.0933. The Labute approximate surface area is 254 Å². The number of amides is 1. The van der Waals surface area contributed by atoms with Crippen LogP contribution in [0, 0.1) is 0 Å². The van der Waals surface area contributed by atoms with Crippen molar-refractivity contribution in [2.75, 3.05) is 23.4 Å². The van der Waals surface area contributed by atoms with Crippen molar-refractivity contribution in [3.05, 3.63) is 66.2 Å². The second-order valence-corrected chi connectivity index (χ2v) is 13.3. The first-order valence-electron chi connectivity index (χ1n) is 15.4. The highest BCUT2D eigenvalue weighted by Gasteiger charge is 2.20. The van der Waals surface area contributed by atoms with E-state index >= 15 is 0 Å². The van der Waals surface area contributed by atoms with Crippen LogP contribution < -0.4 is 20.1 Å². The van der Waals surface area contributed by atoms with Gasteiger partial charge in [-0.3, -0.25) is 9.52 Å². The summed E-state index contributed by atoms with van der Waals surface area (Å²) in [7, 11) is -1.90. The molecule has 3 aromatic carbocycles. The first-order chi connectivity index (χ1) is 20.8. The molecule has 0 unspecified atom stereocenters. The Hall–Kier alpha value is -3.85. The van der Waals surface area contributed by atoms with Crippen LogP contribution in [0.4, 0.5) is 17.1 Å². The summed E-state index contributed by atoms with van der Waals surface area (Å²) < 4.78 is 31.6. The molecular formula is C34H42N4O4S. The molecule has 3 N–H and O–H groups in total. The maximum atomic E-state index is 13.8. The molecule has 1 heterocycles. The van der Waals surface area contributed by atoms with Crippen LogP contribution in [0.5, 0.6) is 5.75 Å². The quantitative estimate of drug-likeness (QED) is 0.185. The molecule has 1 amide bonds. The van der Waals surface area contributed by atoms with Crippen molar-refractivity contribution in [3.63, 3.8) is 0 Å². The third kappa shape index (κ3) is 7.96. The Bertz CT molecular complexity index is 1680. The summed E-state index contributed by atoms with van der Waals surface area (Å²) >= 11 is 0. The molecule has 1 aliphatic rings. The molecule has 0 aliphatic heterocycles. The van der Waals surface area contributed by atoms with Crippen molar-refractivity contribution in [2.24, 2.45) is 0 Å². The van der Waals surface area contributed by atoms with Crippen molar-refractivity contribution in [1.29, 1.82) is 0 Å². The Morgan fingerprint density at radius 3 is 2.16 bits per heavy atom. The molecule has 1 aliphatic carbocycles. The van der Waals surface area contributed by atoms with Crippen molar-refractivity contribution in [2.45, 2.75) is 76.7 Å². The van der Waals surface area contributed by atoms with Crippen LogP contribution in [0.1, 0.15) is 81.0 Å². The Balaban J connectivity index is 1.49. The average molecular weight is 603 g/mol. The molecule has 0 spiro atoms. The van der Waals surface area contributed by atoms with Crippen LogP contribution in [-0.2, 0) is 10.0 Å². The number of sulfonamides is 1. The molecule has 1 aromatic heterocycles. The molecule has 228 valence electrons. The second kappa shape index (κ2) is 14.1. The zero-order valence-corrected chi connectivity index (χ0v) is 25.9. The summed E-state index contributed by atoms with van der Waals surface area (Å²) in [5.74, 6) is 0.379. The predicted octanol–water partition coefficient (Wildman–Crippen LogP) is 7.91. The lowest BCUT2D eigenvalue weighted by Gasteiger charge is -2.21. The number of carbonyl (C=O) groups is 1. The third-order valence-corrected chi connectivity index (χ3v) is 8.77. The van der Waals surface area contributed by atoms with Gasteiger partial charge in [-0.05, 0) is 37.1 Å². The van der Waals surface area contributed by atoms with E-state index in [2.05, 4.69) is 15.4 Å². The van der Waals surface area contributed by atoms with Gasteiger partial charge in [0.15, 0.2) is 0 Å². The Kier molecular flexibility index (Phi) is 10.0. The van der Waals surface area contributed by atoms with E-state index < -0.39 is 10.0 Å². The minimum Gasteiger partial charge on any atom is -0.494 e. The highest BCUT2D eigenvalue weighted by atomic mass is 32.2. The normalized spacial score (nSPS) is 15.8. The fraction of sp³-hybridized carbons (Fsp3) is 0.412. The van der Waals surface area contributed by atoms with Gasteiger partial charge in [0.1, 0.15) is 5.75 Å². The number of methoxy groups -OCH3 is 1. The molecule has 1 fully saturated rings. The summed E-state index contributed by atoms with van der Waals surface area (Å²) in [5, 5.41) is 8.58. The van der Waals surface area contributed by atoms with E-state index in [0.29, 0.717) is 28.2 Å². The monoisotopic (exact) mass is 602 g/mol. The van der Waals surface area contributed by atoms with E-state index in [0.717, 1.165) is 53.9 Å². The number of nitrogens with zero attached hydrogens (tertiary/aromatic N) is 1. The highest BCUT2D eigenvalue weighted by Crippen LogP contribution is 2.38. The maximum absolute atomic E-state index is 13.8. The number of para-hydroxylation sites is 2. The van der Waals surface area contributed by atoms with Crippen LogP contribution in [0.3, 0.4) is 0 Å². The molecule has 9 heteroatoms. The summed E-state index contributed by atoms with van der Waals surface area (Å²) in [6.45, 7) is 0. The maximum Gasteiger partial charge on any atom is 0.253 e. The van der Waals surface area contributed by atoms with E-state index in [1.807, 2.05) is 42.5 Å². The fourth-order valence-corrected chi connectivity index (χ4v) is 6.56. The second-order valence-electron chi connectivity index (χ2n) is 11.5. The Morgan fingerprint density at radius 1 is 0.837 bits per heavy atom. The van der Waals surface area contributed by atoms with Gasteiger partial charge in [-0.15, -0.1) is 0 Å². The van der Waals surface area contributed by atoms with Crippen LogP contribution in [0.15, 0.2) is 60.7 Å². The smallest absolute Gasteiger partial charge is 0.253 e. The van der Waals surface area contributed by atoms with Crippen molar-refractivity contribution in [3.8, 4) is 5.75 Å². The lowest BCUT2D eigenvalue weighted by atomic mass is 9.97. The number of ether oxygens (including phenoxy) is 1. The van der Waals surface area contributed by atoms with Gasteiger partial charge in [0.05, 0.1) is 47.0 Å². The average Bonchev–Trinajstić information content (AvgIpc) is 2.98. The summed E-state index contributed by atoms with van der Waals surface area (Å²) in [6.07, 6.45) is 14.4. The SMILES string of the molecule is COc1cc(NS(C)(=O)=O)ccc1Nc1c2ccccc2nc2c(C(=O)NC3CCCCCCCCCCC3)cccc12. The lowest BCUT2D eigenvalue weighted by Crippen LogP contribution is -2.35. The van der Waals surface area contributed by atoms with E-state index in [4.69, 9.17) is 9.72 Å². The van der Waals surface area contributed by atoms with Crippen LogP contribution >= 0.6 is 0 Å². The molecule has 0 bridgehead atoms. The molecule has 0 saturated heterocycles. The van der Waals surface area contributed by atoms with Gasteiger partial charge in [-0.1, -0.05) is 88.1 Å². The number of fused-ring (bicyclic) bond motifs is 2. The zero-order chi connectivity index (χ0) is 30.2. The minimum absolute atomic E-state index is 0.0924. The number of hydrogen-bond donors (Lipinski definition) is 3. The van der Waals surface area contributed by atoms with Crippen molar-refractivity contribution >= 4 is 54.8 Å². The third-order valence-electron chi connectivity index (χ3n) is 8.16. The summed E-state index contributed by atoms with van der Waals surface area (Å²) in [5.41, 5.74) is 3.80. The Morgan fingerprint density at radius 2 is 1.49 bits per heavy atom. The van der Waals surface area contributed by atoms with E-state index in [-0.39, 0.29) is 11.9 Å². The number of rotatable bonds is 7. The first-order valence-corrected chi connectivity index (χ1v) is 17.3. The van der Waals surface area contributed by atoms with Gasteiger partial charge in [0, 0.05) is 22.9 Å². The molecule has 4 aromatic rings. The number of aromatic nitrogens is 1. The van der Waals surface area contributed by atoms with Gasteiger partial charge >= 0.3 is 0 Å². The van der Waals surface area contributed by atoms with Crippen LogP contribution in [0.2, 0.25) is 0 Å². The number of benzene rings is 3. The van der Waals surface area contributed by atoms with Gasteiger partial charge in [0.25, 0.3) is 5.91 Å². The minimum atomic E-state index is -3.44. The molecule has 5 rings (SSSR count). The number of nitrogens with one attached hydrogen (secondary N) is 3. The van der Waals surface area contributed by atoms with E-state index in [9.17, 15) is 13.2 Å². The number of carbonyl (C=O) groups excluding carboxylic acids is 1. The molecule has 0 radical (unpaired) electrons. The summed E-state index contributed by atoms with van der Waals surface area (Å²) in [6, 6.07) is 18.8. The standard InChI is InChI=1S/C34H42N4O4S/c1-42-31-23-25(38-43(2,40)41)21-22-30(31)37-32-26-17-12-13-20-29(26)36-33-27(32)18-14-19-28(33)34(39)35-24-15-10-8-6-4-3-5-7-9-11-16-24/h12-14,17-24,38H,3-11,15-16H2,1-2H3,(H,35,39)(H,36,37). The van der Waals surface area contributed by atoms with Gasteiger partial charge in [0.2, 0.25) is 10.0 Å². The topological polar surface area (TPSA) is 109 Å². The van der Waals surface area contributed by atoms with Crippen LogP contribution in [-0.4, -0.2) is 38.7 Å². The number of anilines is 3. The van der Waals surface area contributed by atoms with Gasteiger partial charge in [-0.25, -0.2) is 13.4 Å². The van der Waals surface area contributed by atoms with Gasteiger partial charge < -0.3 is 15.4 Å². The zero-order valence-electron chi connectivity index (χ0n) is 25.1. The molecule has 8 nitrogen and oxygen atoms in total. The first kappa shape index (κ1) is 30.6. The van der Waals surface area contributed by atoms with Crippen LogP contribution in [0.25, 0.3) is 21.8 Å². The fourth-order valence-electron chi connectivity index (χ4n) is 6.01. The van der Waals surface area contributed by atoms with Crippen molar-refractivity contribution < 1.29 is 17.9 Å². The van der Waals surface area contributed by atoms with E-state index in [1.165, 1.54) is 44.9 Å². The highest BCUT2D eigenvalue weighted by molar-refractivity contribution is 7.92. The molecule has 0 atom stereocenters. The van der Waals surface area contributed by atoms with E-state index in [1.54, 1.807) is 25.3 Å². The number of hydrogen-bond acceptors (Lipinski definition) is 6. The number of pyridine rings is 1. The molecule has 43 heavy (non-hydrogen) atoms. The van der Waals surface area contributed by atoms with Crippen molar-refractivity contribution in [1.82, 2.24) is 10.3 Å². The molecule has 1 saturated carbocycles. The predicted molar refractivity (Wildman–Crippen MR) is 176 cm³/mol.